The number of nitrogens with zero attached hydrogens (tertiary/aromatic N) is 4. The number of hydrogen-bond acceptors (Lipinski definition) is 4. The minimum atomic E-state index is 0. The fourth-order valence-electron chi connectivity index (χ4n) is 3.91. The van der Waals surface area contributed by atoms with Crippen molar-refractivity contribution in [2.75, 3.05) is 53.4 Å². The second-order valence-corrected chi connectivity index (χ2v) is 8.76. The van der Waals surface area contributed by atoms with Crippen molar-refractivity contribution >= 4 is 0 Å². The summed E-state index contributed by atoms with van der Waals surface area (Å²) in [5, 5.41) is 0. The van der Waals surface area contributed by atoms with Crippen molar-refractivity contribution in [1.29, 1.82) is 0 Å². The third-order valence-electron chi connectivity index (χ3n) is 5.50. The Bertz CT molecular complexity index is 341. The highest BCUT2D eigenvalue weighted by atomic mass is 15.3. The number of piperazine rings is 2. The predicted molar refractivity (Wildman–Crippen MR) is 109 cm³/mol. The van der Waals surface area contributed by atoms with Crippen LogP contribution in [-0.4, -0.2) is 96.6 Å². The van der Waals surface area contributed by atoms with Gasteiger partial charge in [0.2, 0.25) is 0 Å². The molecule has 0 N–H and O–H groups in total. The Morgan fingerprint density at radius 3 is 1.88 bits per heavy atom. The molecule has 0 saturated carbocycles. The molecular weight excluding hydrogens is 296 g/mol. The molecule has 2 fully saturated rings. The summed E-state index contributed by atoms with van der Waals surface area (Å²) < 4.78 is 0. The lowest BCUT2D eigenvalue weighted by atomic mass is 9.97. The maximum atomic E-state index is 2.59. The van der Waals surface area contributed by atoms with E-state index >= 15 is 0 Å². The first-order chi connectivity index (χ1) is 10.5. The molecule has 4 nitrogen and oxygen atoms in total. The SMILES string of the molecule is C.CC(C)N1CCN(C)CC1(C)C.CC(C)N1CCN(C)[C@@H](C)C1. The third-order valence-corrected chi connectivity index (χ3v) is 5.50. The highest BCUT2D eigenvalue weighted by Crippen LogP contribution is 2.22. The molecule has 0 aromatic carbocycles. The van der Waals surface area contributed by atoms with Crippen molar-refractivity contribution in [2.45, 2.75) is 79.6 Å². The van der Waals surface area contributed by atoms with Gasteiger partial charge in [-0.05, 0) is 62.6 Å². The van der Waals surface area contributed by atoms with E-state index in [1.165, 1.54) is 39.3 Å². The molecule has 0 spiro atoms. The van der Waals surface area contributed by atoms with Gasteiger partial charge in [0.15, 0.2) is 0 Å². The van der Waals surface area contributed by atoms with Gasteiger partial charge in [-0.25, -0.2) is 0 Å². The van der Waals surface area contributed by atoms with Crippen LogP contribution in [0.25, 0.3) is 0 Å². The van der Waals surface area contributed by atoms with Gasteiger partial charge in [-0.2, -0.15) is 0 Å². The Labute approximate surface area is 153 Å². The molecule has 0 aromatic rings. The normalized spacial score (nSPS) is 26.9. The summed E-state index contributed by atoms with van der Waals surface area (Å²) in [7, 11) is 4.42. The topological polar surface area (TPSA) is 13.0 Å². The Morgan fingerprint density at radius 1 is 0.875 bits per heavy atom. The number of hydrogen-bond donors (Lipinski definition) is 0. The smallest absolute Gasteiger partial charge is 0.0283 e. The van der Waals surface area contributed by atoms with Gasteiger partial charge in [0.25, 0.3) is 0 Å². The first kappa shape index (κ1) is 23.8. The molecule has 146 valence electrons. The Balaban J connectivity index is 0.000000425. The van der Waals surface area contributed by atoms with Crippen molar-refractivity contribution < 1.29 is 0 Å². The predicted octanol–water partition coefficient (Wildman–Crippen LogP) is 3.09. The van der Waals surface area contributed by atoms with Crippen molar-refractivity contribution in [3.63, 3.8) is 0 Å². The van der Waals surface area contributed by atoms with E-state index in [-0.39, 0.29) is 7.43 Å². The van der Waals surface area contributed by atoms with Crippen LogP contribution in [0, 0.1) is 0 Å². The summed E-state index contributed by atoms with van der Waals surface area (Å²) in [5.74, 6) is 0. The van der Waals surface area contributed by atoms with Crippen LogP contribution in [0.15, 0.2) is 0 Å². The fraction of sp³-hybridized carbons (Fsp3) is 1.00. The Morgan fingerprint density at radius 2 is 1.46 bits per heavy atom. The second-order valence-electron chi connectivity index (χ2n) is 8.76. The molecule has 0 bridgehead atoms. The van der Waals surface area contributed by atoms with E-state index in [9.17, 15) is 0 Å². The summed E-state index contributed by atoms with van der Waals surface area (Å²) in [6.45, 7) is 23.4. The van der Waals surface area contributed by atoms with Crippen LogP contribution in [0.2, 0.25) is 0 Å². The first-order valence-electron chi connectivity index (χ1n) is 9.44. The highest BCUT2D eigenvalue weighted by Gasteiger charge is 2.33. The molecule has 4 heteroatoms. The van der Waals surface area contributed by atoms with E-state index in [1.54, 1.807) is 0 Å². The highest BCUT2D eigenvalue weighted by molar-refractivity contribution is 4.90. The maximum absolute atomic E-state index is 2.59. The summed E-state index contributed by atoms with van der Waals surface area (Å²) in [4.78, 5) is 9.98. The molecule has 2 aliphatic heterocycles. The Hall–Kier alpha value is -0.160. The van der Waals surface area contributed by atoms with E-state index in [1.807, 2.05) is 0 Å². The average Bonchev–Trinajstić information content (AvgIpc) is 2.40. The molecule has 0 aromatic heterocycles. The standard InChI is InChI=1S/C10H22N2.C9H20N2.CH4/c1-9(2)12-7-6-11(5)8-10(12,3)4;1-8(2)11-6-5-10(4)9(3)7-11;/h9H,6-8H2,1-5H3;8-9H,5-7H2,1-4H3;1H4/t;9-;/m.0./s1. The van der Waals surface area contributed by atoms with Crippen molar-refractivity contribution in [3.8, 4) is 0 Å². The lowest BCUT2D eigenvalue weighted by Crippen LogP contribution is -2.60. The Kier molecular flexibility index (Phi) is 10.0. The molecule has 0 amide bonds. The minimum Gasteiger partial charge on any atom is -0.303 e. The van der Waals surface area contributed by atoms with Crippen LogP contribution in [0.1, 0.15) is 55.9 Å². The number of rotatable bonds is 2. The van der Waals surface area contributed by atoms with Gasteiger partial charge in [-0.1, -0.05) is 7.43 Å². The van der Waals surface area contributed by atoms with Crippen LogP contribution >= 0.6 is 0 Å². The van der Waals surface area contributed by atoms with Gasteiger partial charge in [0.05, 0.1) is 0 Å². The second kappa shape index (κ2) is 10.1. The van der Waals surface area contributed by atoms with Crippen LogP contribution in [0.4, 0.5) is 0 Å². The van der Waals surface area contributed by atoms with Gasteiger partial charge in [-0.15, -0.1) is 0 Å². The zero-order valence-corrected chi connectivity index (χ0v) is 17.3. The number of likely N-dealkylation sites (N-methyl/N-ethyl adjacent to an activating group) is 2. The van der Waals surface area contributed by atoms with Crippen LogP contribution in [-0.2, 0) is 0 Å². The molecule has 2 rings (SSSR count). The lowest BCUT2D eigenvalue weighted by molar-refractivity contribution is 0.00876. The molecule has 0 radical (unpaired) electrons. The van der Waals surface area contributed by atoms with Crippen LogP contribution in [0.3, 0.4) is 0 Å². The van der Waals surface area contributed by atoms with Crippen molar-refractivity contribution in [1.82, 2.24) is 19.6 Å². The zero-order valence-electron chi connectivity index (χ0n) is 17.3. The molecule has 1 atom stereocenters. The van der Waals surface area contributed by atoms with Crippen LogP contribution in [0.5, 0.6) is 0 Å². The van der Waals surface area contributed by atoms with Gasteiger partial charge < -0.3 is 9.80 Å². The van der Waals surface area contributed by atoms with Crippen LogP contribution < -0.4 is 0 Å². The zero-order chi connectivity index (χ0) is 17.8. The van der Waals surface area contributed by atoms with E-state index in [2.05, 4.69) is 82.2 Å². The largest absolute Gasteiger partial charge is 0.303 e. The van der Waals surface area contributed by atoms with E-state index in [4.69, 9.17) is 0 Å². The molecule has 0 aliphatic carbocycles. The van der Waals surface area contributed by atoms with Gasteiger partial charge in [0, 0.05) is 62.9 Å². The summed E-state index contributed by atoms with van der Waals surface area (Å²) >= 11 is 0. The lowest BCUT2D eigenvalue weighted by Gasteiger charge is -2.48. The monoisotopic (exact) mass is 342 g/mol. The average molecular weight is 343 g/mol. The minimum absolute atomic E-state index is 0. The van der Waals surface area contributed by atoms with Gasteiger partial charge >= 0.3 is 0 Å². The van der Waals surface area contributed by atoms with Crippen molar-refractivity contribution in [2.24, 2.45) is 0 Å². The molecule has 2 saturated heterocycles. The van der Waals surface area contributed by atoms with E-state index in [0.717, 1.165) is 6.04 Å². The summed E-state index contributed by atoms with van der Waals surface area (Å²) in [6, 6.07) is 2.12. The van der Waals surface area contributed by atoms with E-state index < -0.39 is 0 Å². The molecule has 0 unspecified atom stereocenters. The quantitative estimate of drug-likeness (QED) is 0.764. The van der Waals surface area contributed by atoms with Crippen molar-refractivity contribution in [3.05, 3.63) is 0 Å². The first-order valence-corrected chi connectivity index (χ1v) is 9.44. The third kappa shape index (κ3) is 6.99. The summed E-state index contributed by atoms with van der Waals surface area (Å²) in [5.41, 5.74) is 0.348. The molecule has 24 heavy (non-hydrogen) atoms. The molecule has 2 heterocycles. The van der Waals surface area contributed by atoms with Gasteiger partial charge in [0.1, 0.15) is 0 Å². The fourth-order valence-corrected chi connectivity index (χ4v) is 3.91. The molecular formula is C20H46N4. The summed E-state index contributed by atoms with van der Waals surface area (Å²) in [6.07, 6.45) is 0. The molecule has 2 aliphatic rings. The van der Waals surface area contributed by atoms with E-state index in [0.29, 0.717) is 17.6 Å². The van der Waals surface area contributed by atoms with Gasteiger partial charge in [-0.3, -0.25) is 9.80 Å². The maximum Gasteiger partial charge on any atom is 0.0283 e.